The lowest BCUT2D eigenvalue weighted by Gasteiger charge is -2.17. The van der Waals surface area contributed by atoms with Crippen molar-refractivity contribution in [1.82, 2.24) is 5.43 Å². The molecule has 0 unspecified atom stereocenters. The summed E-state index contributed by atoms with van der Waals surface area (Å²) in [7, 11) is 0. The van der Waals surface area contributed by atoms with E-state index in [1.54, 1.807) is 18.2 Å². The van der Waals surface area contributed by atoms with E-state index in [9.17, 15) is 9.18 Å². The number of anilines is 1. The predicted molar refractivity (Wildman–Crippen MR) is 106 cm³/mol. The van der Waals surface area contributed by atoms with Gasteiger partial charge in [0.2, 0.25) is 5.91 Å². The predicted octanol–water partition coefficient (Wildman–Crippen LogP) is 4.32. The van der Waals surface area contributed by atoms with Crippen LogP contribution in [0.15, 0.2) is 52.5 Å². The average molecular weight is 392 g/mol. The molecule has 1 saturated heterocycles. The number of hydrogen-bond donors (Lipinski definition) is 1. The van der Waals surface area contributed by atoms with Gasteiger partial charge in [-0.3, -0.25) is 4.79 Å². The maximum atomic E-state index is 14.2. The number of benzene rings is 2. The van der Waals surface area contributed by atoms with Crippen LogP contribution in [0.3, 0.4) is 0 Å². The van der Waals surface area contributed by atoms with Crippen molar-refractivity contribution in [2.45, 2.75) is 17.7 Å². The van der Waals surface area contributed by atoms with Crippen LogP contribution in [-0.4, -0.2) is 31.0 Å². The molecule has 1 amide bonds. The van der Waals surface area contributed by atoms with E-state index in [1.165, 1.54) is 24.0 Å². The fraction of sp³-hybridized carbons (Fsp3) is 0.263. The van der Waals surface area contributed by atoms with E-state index in [0.29, 0.717) is 10.6 Å². The van der Waals surface area contributed by atoms with Crippen LogP contribution < -0.4 is 10.3 Å². The zero-order chi connectivity index (χ0) is 18.4. The summed E-state index contributed by atoms with van der Waals surface area (Å²) < 4.78 is 14.2. The maximum Gasteiger partial charge on any atom is 0.250 e. The average Bonchev–Trinajstić information content (AvgIpc) is 3.17. The van der Waals surface area contributed by atoms with Gasteiger partial charge in [0.15, 0.2) is 0 Å². The molecule has 0 aromatic heterocycles. The highest BCUT2D eigenvalue weighted by atomic mass is 35.5. The number of nitrogens with zero attached hydrogens (tertiary/aromatic N) is 2. The zero-order valence-corrected chi connectivity index (χ0v) is 15.7. The Morgan fingerprint density at radius 3 is 2.65 bits per heavy atom. The zero-order valence-electron chi connectivity index (χ0n) is 14.1. The molecule has 1 heterocycles. The Hall–Kier alpha value is -2.05. The van der Waals surface area contributed by atoms with Crippen molar-refractivity contribution in [3.8, 4) is 0 Å². The molecule has 3 rings (SSSR count). The van der Waals surface area contributed by atoms with Gasteiger partial charge >= 0.3 is 0 Å². The highest BCUT2D eigenvalue weighted by molar-refractivity contribution is 8.00. The fourth-order valence-corrected chi connectivity index (χ4v) is 3.50. The molecule has 0 bridgehead atoms. The van der Waals surface area contributed by atoms with E-state index in [1.807, 2.05) is 18.2 Å². The molecular formula is C19H19ClFN3OS. The van der Waals surface area contributed by atoms with E-state index in [0.717, 1.165) is 36.5 Å². The molecule has 2 aromatic rings. The minimum Gasteiger partial charge on any atom is -0.371 e. The van der Waals surface area contributed by atoms with E-state index in [2.05, 4.69) is 15.4 Å². The molecule has 1 aliphatic heterocycles. The van der Waals surface area contributed by atoms with Gasteiger partial charge in [-0.1, -0.05) is 11.6 Å². The van der Waals surface area contributed by atoms with Crippen molar-refractivity contribution in [3.63, 3.8) is 0 Å². The number of carbonyl (C=O) groups is 1. The van der Waals surface area contributed by atoms with Crippen molar-refractivity contribution >= 4 is 41.2 Å². The largest absolute Gasteiger partial charge is 0.371 e. The monoisotopic (exact) mass is 391 g/mol. The number of amides is 1. The van der Waals surface area contributed by atoms with Crippen molar-refractivity contribution < 1.29 is 9.18 Å². The van der Waals surface area contributed by atoms with Crippen LogP contribution in [0.4, 0.5) is 10.1 Å². The summed E-state index contributed by atoms with van der Waals surface area (Å²) in [5, 5.41) is 4.50. The lowest BCUT2D eigenvalue weighted by molar-refractivity contribution is -0.118. The molecule has 1 fully saturated rings. The highest BCUT2D eigenvalue weighted by Crippen LogP contribution is 2.22. The van der Waals surface area contributed by atoms with Crippen LogP contribution >= 0.6 is 23.4 Å². The van der Waals surface area contributed by atoms with E-state index >= 15 is 0 Å². The van der Waals surface area contributed by atoms with Gasteiger partial charge in [-0.25, -0.2) is 9.82 Å². The number of carbonyl (C=O) groups excluding carboxylic acids is 1. The Morgan fingerprint density at radius 2 is 1.96 bits per heavy atom. The number of hydrogen-bond acceptors (Lipinski definition) is 4. The number of halogens is 2. The Labute approximate surface area is 161 Å². The summed E-state index contributed by atoms with van der Waals surface area (Å²) in [6, 6.07) is 12.3. The molecule has 2 aromatic carbocycles. The van der Waals surface area contributed by atoms with Gasteiger partial charge in [0.1, 0.15) is 5.82 Å². The van der Waals surface area contributed by atoms with Gasteiger partial charge in [-0.2, -0.15) is 5.10 Å². The molecule has 0 saturated carbocycles. The third-order valence-electron chi connectivity index (χ3n) is 4.03. The minimum absolute atomic E-state index is 0.218. The number of rotatable bonds is 6. The molecule has 136 valence electrons. The van der Waals surface area contributed by atoms with E-state index in [-0.39, 0.29) is 17.5 Å². The molecule has 0 spiro atoms. The van der Waals surface area contributed by atoms with Gasteiger partial charge in [0.05, 0.1) is 12.0 Å². The molecule has 0 radical (unpaired) electrons. The van der Waals surface area contributed by atoms with Crippen LogP contribution in [0, 0.1) is 5.82 Å². The number of thioether (sulfide) groups is 1. The van der Waals surface area contributed by atoms with Gasteiger partial charge < -0.3 is 4.90 Å². The van der Waals surface area contributed by atoms with Gasteiger partial charge in [-0.05, 0) is 55.3 Å². The summed E-state index contributed by atoms with van der Waals surface area (Å²) in [5.41, 5.74) is 3.65. The second-order valence-corrected chi connectivity index (χ2v) is 7.42. The summed E-state index contributed by atoms with van der Waals surface area (Å²) in [4.78, 5) is 14.9. The van der Waals surface area contributed by atoms with E-state index in [4.69, 9.17) is 11.6 Å². The Kier molecular flexibility index (Phi) is 6.52. The Bertz CT molecular complexity index is 792. The quantitative estimate of drug-likeness (QED) is 0.453. The lowest BCUT2D eigenvalue weighted by atomic mass is 10.2. The molecule has 7 heteroatoms. The standard InChI is InChI=1S/C19H19ClFN3OS/c20-15-4-7-17(8-5-15)26-13-19(25)23-22-12-14-3-6-16(11-18(14)21)24-9-1-2-10-24/h3-8,11-12H,1-2,9-10,13H2,(H,23,25)/b22-12-. The first-order chi connectivity index (χ1) is 12.6. The molecular weight excluding hydrogens is 373 g/mol. The molecule has 0 atom stereocenters. The smallest absolute Gasteiger partial charge is 0.250 e. The lowest BCUT2D eigenvalue weighted by Crippen LogP contribution is -2.20. The maximum absolute atomic E-state index is 14.2. The van der Waals surface area contributed by atoms with Crippen LogP contribution in [0.25, 0.3) is 0 Å². The highest BCUT2D eigenvalue weighted by Gasteiger charge is 2.13. The first-order valence-corrected chi connectivity index (χ1v) is 9.73. The van der Waals surface area contributed by atoms with Crippen LogP contribution in [0.5, 0.6) is 0 Å². The van der Waals surface area contributed by atoms with Gasteiger partial charge in [0, 0.05) is 34.3 Å². The third kappa shape index (κ3) is 5.22. The normalized spacial score (nSPS) is 14.2. The van der Waals surface area contributed by atoms with Gasteiger partial charge in [-0.15, -0.1) is 11.8 Å². The molecule has 0 aliphatic carbocycles. The molecule has 26 heavy (non-hydrogen) atoms. The summed E-state index contributed by atoms with van der Waals surface area (Å²) in [6.07, 6.45) is 3.61. The Morgan fingerprint density at radius 1 is 1.23 bits per heavy atom. The van der Waals surface area contributed by atoms with Crippen LogP contribution in [-0.2, 0) is 4.79 Å². The Balaban J connectivity index is 1.49. The SMILES string of the molecule is O=C(CSc1ccc(Cl)cc1)N/N=C\c1ccc(N2CCCC2)cc1F. The fourth-order valence-electron chi connectivity index (χ4n) is 2.68. The van der Waals surface area contributed by atoms with Crippen LogP contribution in [0.1, 0.15) is 18.4 Å². The number of nitrogens with one attached hydrogen (secondary N) is 1. The third-order valence-corrected chi connectivity index (χ3v) is 5.30. The molecule has 1 N–H and O–H groups in total. The van der Waals surface area contributed by atoms with Crippen molar-refractivity contribution in [2.75, 3.05) is 23.7 Å². The second kappa shape index (κ2) is 9.05. The summed E-state index contributed by atoms with van der Waals surface area (Å²) >= 11 is 7.20. The van der Waals surface area contributed by atoms with Crippen molar-refractivity contribution in [2.24, 2.45) is 5.10 Å². The second-order valence-electron chi connectivity index (χ2n) is 5.94. The molecule has 1 aliphatic rings. The molecule has 4 nitrogen and oxygen atoms in total. The van der Waals surface area contributed by atoms with Crippen molar-refractivity contribution in [3.05, 3.63) is 58.9 Å². The van der Waals surface area contributed by atoms with E-state index < -0.39 is 0 Å². The van der Waals surface area contributed by atoms with Crippen molar-refractivity contribution in [1.29, 1.82) is 0 Å². The summed E-state index contributed by atoms with van der Waals surface area (Å²) in [6.45, 7) is 1.93. The first kappa shape index (κ1) is 18.7. The topological polar surface area (TPSA) is 44.7 Å². The van der Waals surface area contributed by atoms with Gasteiger partial charge in [0.25, 0.3) is 0 Å². The number of hydrazone groups is 1. The minimum atomic E-state index is -0.345. The summed E-state index contributed by atoms with van der Waals surface area (Å²) in [5.74, 6) is -0.381. The van der Waals surface area contributed by atoms with Crippen LogP contribution in [0.2, 0.25) is 5.02 Å². The first-order valence-electron chi connectivity index (χ1n) is 8.36.